The summed E-state index contributed by atoms with van der Waals surface area (Å²) in [6.45, 7) is 6.47. The van der Waals surface area contributed by atoms with Gasteiger partial charge in [-0.3, -0.25) is 9.98 Å². The van der Waals surface area contributed by atoms with Gasteiger partial charge in [0.05, 0.1) is 11.4 Å². The molecule has 0 radical (unpaired) electrons. The van der Waals surface area contributed by atoms with Crippen LogP contribution >= 0.6 is 22.7 Å². The van der Waals surface area contributed by atoms with Crippen LogP contribution in [0.5, 0.6) is 0 Å². The summed E-state index contributed by atoms with van der Waals surface area (Å²) in [5, 5.41) is 6.35. The number of thiophene rings is 2. The number of pyridine rings is 1. The molecule has 0 saturated carbocycles. The SMILES string of the molecule is C=C(N=C/C(=C\C)c1ccc2ccc(-c3ccc(-c4cccc5c4sc4ccccc45)nc3)cc2c1)C1=CCCc2c1sc1ccccc21. The van der Waals surface area contributed by atoms with Crippen molar-refractivity contribution in [2.45, 2.75) is 19.8 Å². The van der Waals surface area contributed by atoms with Crippen LogP contribution in [0.2, 0.25) is 0 Å². The molecule has 0 bridgehead atoms. The molecule has 8 aromatic rings. The average Bonchev–Trinajstić information content (AvgIpc) is 3.73. The minimum absolute atomic E-state index is 0.814. The van der Waals surface area contributed by atoms with Crippen molar-refractivity contribution in [2.75, 3.05) is 0 Å². The Balaban J connectivity index is 0.984. The van der Waals surface area contributed by atoms with E-state index in [1.807, 2.05) is 35.1 Å². The first-order valence-corrected chi connectivity index (χ1v) is 18.3. The van der Waals surface area contributed by atoms with Crippen LogP contribution in [0.25, 0.3) is 74.6 Å². The fraction of sp³-hybridized carbons (Fsp3) is 0.0667. The second-order valence-corrected chi connectivity index (χ2v) is 14.6. The van der Waals surface area contributed by atoms with Crippen LogP contribution in [0.15, 0.2) is 151 Å². The molecule has 0 unspecified atom stereocenters. The highest BCUT2D eigenvalue weighted by molar-refractivity contribution is 7.26. The van der Waals surface area contributed by atoms with Gasteiger partial charge >= 0.3 is 0 Å². The van der Waals surface area contributed by atoms with E-state index in [0.29, 0.717) is 0 Å². The molecule has 0 atom stereocenters. The summed E-state index contributed by atoms with van der Waals surface area (Å²) in [7, 11) is 0. The smallest absolute Gasteiger partial charge is 0.0716 e. The zero-order valence-corrected chi connectivity index (χ0v) is 28.7. The number of benzene rings is 5. The monoisotopic (exact) mass is 664 g/mol. The van der Waals surface area contributed by atoms with Crippen molar-refractivity contribution in [3.63, 3.8) is 0 Å². The molecule has 3 aromatic heterocycles. The second kappa shape index (κ2) is 12.2. The fourth-order valence-electron chi connectivity index (χ4n) is 7.08. The van der Waals surface area contributed by atoms with Gasteiger partial charge in [0.1, 0.15) is 0 Å². The van der Waals surface area contributed by atoms with Crippen LogP contribution < -0.4 is 0 Å². The first-order valence-electron chi connectivity index (χ1n) is 16.7. The van der Waals surface area contributed by atoms with Crippen LogP contribution in [0, 0.1) is 0 Å². The van der Waals surface area contributed by atoms with Crippen LogP contribution in [0.4, 0.5) is 0 Å². The number of allylic oxidation sites excluding steroid dienone is 4. The summed E-state index contributed by atoms with van der Waals surface area (Å²) in [5.74, 6) is 0. The van der Waals surface area contributed by atoms with E-state index in [9.17, 15) is 0 Å². The number of rotatable bonds is 6. The van der Waals surface area contributed by atoms with Crippen LogP contribution in [-0.2, 0) is 6.42 Å². The van der Waals surface area contributed by atoms with Crippen molar-refractivity contribution in [3.8, 4) is 22.4 Å². The van der Waals surface area contributed by atoms with Gasteiger partial charge in [-0.2, -0.15) is 0 Å². The predicted octanol–water partition coefficient (Wildman–Crippen LogP) is 13.2. The number of aliphatic imine (C=N–C) groups is 1. The average molecular weight is 665 g/mol. The van der Waals surface area contributed by atoms with E-state index >= 15 is 0 Å². The number of hydrogen-bond donors (Lipinski definition) is 0. The summed E-state index contributed by atoms with van der Waals surface area (Å²) < 4.78 is 3.93. The number of fused-ring (bicyclic) bond motifs is 7. The van der Waals surface area contributed by atoms with Crippen molar-refractivity contribution in [2.24, 2.45) is 4.99 Å². The minimum atomic E-state index is 0.814. The molecule has 1 aliphatic carbocycles. The lowest BCUT2D eigenvalue weighted by molar-refractivity contribution is 0.996. The number of aromatic nitrogens is 1. The quantitative estimate of drug-likeness (QED) is 0.162. The van der Waals surface area contributed by atoms with Gasteiger partial charge in [0.15, 0.2) is 0 Å². The van der Waals surface area contributed by atoms with Gasteiger partial charge < -0.3 is 0 Å². The first-order chi connectivity index (χ1) is 24.1. The normalized spacial score (nSPS) is 13.5. The Morgan fingerprint density at radius 1 is 0.755 bits per heavy atom. The first kappa shape index (κ1) is 29.7. The Hall–Kier alpha value is -5.42. The van der Waals surface area contributed by atoms with Gasteiger partial charge in [0.25, 0.3) is 0 Å². The molecule has 0 fully saturated rings. The zero-order chi connectivity index (χ0) is 32.9. The van der Waals surface area contributed by atoms with Gasteiger partial charge in [-0.05, 0) is 88.5 Å². The summed E-state index contributed by atoms with van der Waals surface area (Å²) >= 11 is 3.69. The number of aryl methyl sites for hydroxylation is 1. The third-order valence-electron chi connectivity index (χ3n) is 9.62. The Labute approximate surface area is 293 Å². The molecule has 5 aromatic carbocycles. The lowest BCUT2D eigenvalue weighted by Gasteiger charge is -2.14. The molecule has 0 amide bonds. The standard InChI is InChI=1S/C45H32N2S2/c1-3-29(26-46-28(2)35-12-8-13-38-36-10-4-6-16-42(36)48-44(35)38)31-20-18-30-19-21-32(25-34(30)24-31)33-22-23-41(47-27-33)40-15-9-14-39-37-11-5-7-17-43(37)49-45(39)40/h3-7,9-12,14-27H,2,8,13H2,1H3/b29-3+,46-26?. The van der Waals surface area contributed by atoms with Crippen molar-refractivity contribution < 1.29 is 0 Å². The van der Waals surface area contributed by atoms with Crippen LogP contribution in [0.1, 0.15) is 29.3 Å². The topological polar surface area (TPSA) is 25.2 Å². The molecule has 0 N–H and O–H groups in total. The van der Waals surface area contributed by atoms with E-state index in [4.69, 9.17) is 9.98 Å². The Bertz CT molecular complexity index is 2680. The van der Waals surface area contributed by atoms with Gasteiger partial charge in [-0.1, -0.05) is 104 Å². The van der Waals surface area contributed by atoms with Crippen LogP contribution in [-0.4, -0.2) is 11.2 Å². The van der Waals surface area contributed by atoms with E-state index in [1.54, 1.807) is 0 Å². The van der Waals surface area contributed by atoms with E-state index in [0.717, 1.165) is 52.1 Å². The minimum Gasteiger partial charge on any atom is -0.256 e. The third-order valence-corrected chi connectivity index (χ3v) is 12.1. The predicted molar refractivity (Wildman–Crippen MR) is 215 cm³/mol. The highest BCUT2D eigenvalue weighted by Crippen LogP contribution is 2.42. The van der Waals surface area contributed by atoms with Crippen LogP contribution in [0.3, 0.4) is 0 Å². The van der Waals surface area contributed by atoms with Gasteiger partial charge in [0.2, 0.25) is 0 Å². The Morgan fingerprint density at radius 3 is 2.37 bits per heavy atom. The van der Waals surface area contributed by atoms with Crippen molar-refractivity contribution in [3.05, 3.63) is 162 Å². The molecule has 0 saturated heterocycles. The number of hydrogen-bond acceptors (Lipinski definition) is 4. The molecule has 9 rings (SSSR count). The van der Waals surface area contributed by atoms with Gasteiger partial charge in [0, 0.05) is 58.9 Å². The molecule has 3 heterocycles. The lowest BCUT2D eigenvalue weighted by atomic mass is 9.94. The van der Waals surface area contributed by atoms with Crippen molar-refractivity contribution in [1.29, 1.82) is 0 Å². The maximum Gasteiger partial charge on any atom is 0.0716 e. The zero-order valence-electron chi connectivity index (χ0n) is 27.1. The second-order valence-electron chi connectivity index (χ2n) is 12.5. The van der Waals surface area contributed by atoms with Gasteiger partial charge in [-0.25, -0.2) is 0 Å². The lowest BCUT2D eigenvalue weighted by Crippen LogP contribution is -1.97. The molecule has 4 heteroatoms. The molecular weight excluding hydrogens is 633 g/mol. The Morgan fingerprint density at radius 2 is 1.53 bits per heavy atom. The summed E-state index contributed by atoms with van der Waals surface area (Å²) in [6.07, 6.45) is 10.5. The summed E-state index contributed by atoms with van der Waals surface area (Å²) in [6, 6.07) is 41.5. The highest BCUT2D eigenvalue weighted by Gasteiger charge is 2.20. The van der Waals surface area contributed by atoms with E-state index in [1.165, 1.54) is 57.0 Å². The number of nitrogens with zero attached hydrogens (tertiary/aromatic N) is 2. The highest BCUT2D eigenvalue weighted by atomic mass is 32.1. The summed E-state index contributed by atoms with van der Waals surface area (Å²) in [4.78, 5) is 11.2. The molecule has 2 nitrogen and oxygen atoms in total. The summed E-state index contributed by atoms with van der Waals surface area (Å²) in [5.41, 5.74) is 10.0. The maximum absolute atomic E-state index is 4.96. The molecule has 1 aliphatic rings. The molecule has 0 spiro atoms. The van der Waals surface area contributed by atoms with E-state index < -0.39 is 0 Å². The Kier molecular flexibility index (Phi) is 7.41. The van der Waals surface area contributed by atoms with Crippen molar-refractivity contribution in [1.82, 2.24) is 4.98 Å². The largest absolute Gasteiger partial charge is 0.256 e. The molecule has 49 heavy (non-hydrogen) atoms. The molecule has 234 valence electrons. The molecular formula is C45H32N2S2. The van der Waals surface area contributed by atoms with E-state index in [2.05, 4.69) is 141 Å². The molecule has 0 aliphatic heterocycles. The van der Waals surface area contributed by atoms with Gasteiger partial charge in [-0.15, -0.1) is 22.7 Å². The third kappa shape index (κ3) is 5.25. The van der Waals surface area contributed by atoms with Crippen molar-refractivity contribution >= 4 is 81.1 Å². The fourth-order valence-corrected chi connectivity index (χ4v) is 9.62. The maximum atomic E-state index is 4.96. The van der Waals surface area contributed by atoms with E-state index in [-0.39, 0.29) is 0 Å².